The highest BCUT2D eigenvalue weighted by atomic mass is 35.5. The summed E-state index contributed by atoms with van der Waals surface area (Å²) in [7, 11) is 0. The maximum Gasteiger partial charge on any atom is 0.253 e. The second kappa shape index (κ2) is 12.7. The Morgan fingerprint density at radius 3 is 2.46 bits per heavy atom. The molecule has 2 heterocycles. The van der Waals surface area contributed by atoms with Crippen LogP contribution in [0.2, 0.25) is 5.15 Å². The number of thioether (sulfide) groups is 1. The van der Waals surface area contributed by atoms with Crippen molar-refractivity contribution in [3.63, 3.8) is 0 Å². The summed E-state index contributed by atoms with van der Waals surface area (Å²) < 4.78 is 14.1. The van der Waals surface area contributed by atoms with E-state index in [9.17, 15) is 9.18 Å². The van der Waals surface area contributed by atoms with E-state index in [0.717, 1.165) is 5.56 Å². The summed E-state index contributed by atoms with van der Waals surface area (Å²) >= 11 is 7.73. The molecule has 192 valence electrons. The zero-order valence-electron chi connectivity index (χ0n) is 20.5. The van der Waals surface area contributed by atoms with Crippen LogP contribution in [0, 0.1) is 5.82 Å². The van der Waals surface area contributed by atoms with Crippen molar-refractivity contribution in [2.24, 2.45) is 0 Å². The number of anilines is 2. The van der Waals surface area contributed by atoms with E-state index in [1.165, 1.54) is 17.8 Å². The van der Waals surface area contributed by atoms with Gasteiger partial charge in [-0.3, -0.25) is 4.79 Å². The van der Waals surface area contributed by atoms with Gasteiger partial charge in [0.25, 0.3) is 5.91 Å². The minimum Gasteiger partial charge on any atom is -0.366 e. The Morgan fingerprint density at radius 2 is 1.76 bits per heavy atom. The van der Waals surface area contributed by atoms with Crippen molar-refractivity contribution in [1.29, 1.82) is 0 Å². The molecule has 6 nitrogen and oxygen atoms in total. The van der Waals surface area contributed by atoms with E-state index in [1.807, 2.05) is 45.0 Å². The fourth-order valence-electron chi connectivity index (χ4n) is 4.17. The van der Waals surface area contributed by atoms with E-state index in [4.69, 9.17) is 11.6 Å². The molecule has 4 rings (SSSR count). The lowest BCUT2D eigenvalue weighted by molar-refractivity contribution is 0.0746. The smallest absolute Gasteiger partial charge is 0.253 e. The van der Waals surface area contributed by atoms with Gasteiger partial charge in [-0.2, -0.15) is 0 Å². The van der Waals surface area contributed by atoms with Gasteiger partial charge in [0.2, 0.25) is 0 Å². The van der Waals surface area contributed by atoms with E-state index in [-0.39, 0.29) is 11.7 Å². The van der Waals surface area contributed by atoms with Crippen molar-refractivity contribution in [2.45, 2.75) is 10.9 Å². The van der Waals surface area contributed by atoms with Gasteiger partial charge in [-0.15, -0.1) is 13.2 Å². The lowest BCUT2D eigenvalue weighted by atomic mass is 10.1. The number of halogens is 2. The fraction of sp³-hybridized carbons (Fsp3) is 0.250. The van der Waals surface area contributed by atoms with E-state index < -0.39 is 0 Å². The molecule has 1 fully saturated rings. The standard InChI is InChI=1S/C28H29ClFN5OS/c1-3-12-34(13-4-2)26-19-25(29)31-28(32-26)37-20-21-8-7-9-22(18-21)27(36)35-16-14-33(15-17-35)24-11-6-5-10-23(24)30/h3-11,18-19H,1-2,12-17,20H2. The number of amides is 1. The normalized spacial score (nSPS) is 13.4. The third kappa shape index (κ3) is 6.90. The van der Waals surface area contributed by atoms with E-state index >= 15 is 0 Å². The maximum absolute atomic E-state index is 14.1. The number of carbonyl (C=O) groups is 1. The number of rotatable bonds is 10. The van der Waals surface area contributed by atoms with E-state index in [1.54, 1.807) is 30.4 Å². The van der Waals surface area contributed by atoms with Crippen LogP contribution in [0.1, 0.15) is 15.9 Å². The van der Waals surface area contributed by atoms with Gasteiger partial charge in [0.15, 0.2) is 5.16 Å². The van der Waals surface area contributed by atoms with Crippen molar-refractivity contribution in [2.75, 3.05) is 49.1 Å². The first kappa shape index (κ1) is 26.7. The average Bonchev–Trinajstić information content (AvgIpc) is 2.92. The lowest BCUT2D eigenvalue weighted by Gasteiger charge is -2.36. The predicted octanol–water partition coefficient (Wildman–Crippen LogP) is 5.70. The molecule has 1 aromatic heterocycles. The Morgan fingerprint density at radius 1 is 1.03 bits per heavy atom. The van der Waals surface area contributed by atoms with E-state index in [2.05, 4.69) is 23.1 Å². The predicted molar refractivity (Wildman–Crippen MR) is 150 cm³/mol. The van der Waals surface area contributed by atoms with Crippen LogP contribution in [0.4, 0.5) is 15.9 Å². The molecule has 0 bridgehead atoms. The lowest BCUT2D eigenvalue weighted by Crippen LogP contribution is -2.49. The second-order valence-corrected chi connectivity index (χ2v) is 9.86. The van der Waals surface area contributed by atoms with Gasteiger partial charge in [0.1, 0.15) is 16.8 Å². The van der Waals surface area contributed by atoms with Crippen molar-refractivity contribution in [3.05, 3.63) is 102 Å². The summed E-state index contributed by atoms with van der Waals surface area (Å²) in [6, 6.07) is 16.1. The Kier molecular flexibility index (Phi) is 9.19. The number of carbonyl (C=O) groups excluding carboxylic acids is 1. The monoisotopic (exact) mass is 537 g/mol. The summed E-state index contributed by atoms with van der Waals surface area (Å²) in [6.07, 6.45) is 3.60. The molecule has 9 heteroatoms. The minimum absolute atomic E-state index is 0.0224. The van der Waals surface area contributed by atoms with Crippen molar-refractivity contribution < 1.29 is 9.18 Å². The van der Waals surface area contributed by atoms with Crippen molar-refractivity contribution in [3.8, 4) is 0 Å². The summed E-state index contributed by atoms with van der Waals surface area (Å²) in [6.45, 7) is 11.1. The molecule has 0 radical (unpaired) electrons. The fourth-order valence-corrected chi connectivity index (χ4v) is 5.19. The zero-order chi connectivity index (χ0) is 26.2. The van der Waals surface area contributed by atoms with Gasteiger partial charge in [0.05, 0.1) is 5.69 Å². The summed E-state index contributed by atoms with van der Waals surface area (Å²) in [5.41, 5.74) is 2.20. The highest BCUT2D eigenvalue weighted by molar-refractivity contribution is 7.98. The summed E-state index contributed by atoms with van der Waals surface area (Å²) in [5.74, 6) is 1.04. The molecule has 1 aliphatic heterocycles. The van der Waals surface area contributed by atoms with Crippen LogP contribution in [0.15, 0.2) is 85.1 Å². The molecule has 0 aliphatic carbocycles. The van der Waals surface area contributed by atoms with Gasteiger partial charge in [0, 0.05) is 56.7 Å². The molecule has 0 saturated carbocycles. The Balaban J connectivity index is 1.39. The van der Waals surface area contributed by atoms with Crippen molar-refractivity contribution >= 4 is 40.8 Å². The number of benzene rings is 2. The van der Waals surface area contributed by atoms with Crippen LogP contribution in [-0.2, 0) is 5.75 Å². The highest BCUT2D eigenvalue weighted by Gasteiger charge is 2.23. The molecule has 0 N–H and O–H groups in total. The third-order valence-electron chi connectivity index (χ3n) is 5.99. The second-order valence-electron chi connectivity index (χ2n) is 8.53. The summed E-state index contributed by atoms with van der Waals surface area (Å²) in [4.78, 5) is 28.0. The SMILES string of the molecule is C=CCN(CC=C)c1cc(Cl)nc(SCc2cccc(C(=O)N3CCN(c4ccccc4F)CC3)c2)n1. The number of aromatic nitrogens is 2. The quantitative estimate of drug-likeness (QED) is 0.143. The Hall–Kier alpha value is -3.36. The zero-order valence-corrected chi connectivity index (χ0v) is 22.1. The number of para-hydroxylation sites is 1. The molecule has 0 spiro atoms. The largest absolute Gasteiger partial charge is 0.366 e. The number of nitrogens with zero attached hydrogens (tertiary/aromatic N) is 5. The number of hydrogen-bond donors (Lipinski definition) is 0. The Labute approximate surface area is 226 Å². The van der Waals surface area contributed by atoms with Gasteiger partial charge in [-0.05, 0) is 29.8 Å². The third-order valence-corrected chi connectivity index (χ3v) is 7.10. The molecular weight excluding hydrogens is 509 g/mol. The molecule has 1 amide bonds. The molecule has 0 atom stereocenters. The highest BCUT2D eigenvalue weighted by Crippen LogP contribution is 2.26. The van der Waals surface area contributed by atoms with Crippen LogP contribution >= 0.6 is 23.4 Å². The molecule has 1 aliphatic rings. The first-order chi connectivity index (χ1) is 18.0. The molecule has 2 aromatic carbocycles. The molecular formula is C28H29ClFN5OS. The summed E-state index contributed by atoms with van der Waals surface area (Å²) in [5, 5.41) is 0.922. The molecule has 3 aromatic rings. The first-order valence-electron chi connectivity index (χ1n) is 12.0. The van der Waals surface area contributed by atoms with Gasteiger partial charge in [-0.25, -0.2) is 14.4 Å². The van der Waals surface area contributed by atoms with Crippen LogP contribution in [0.25, 0.3) is 0 Å². The van der Waals surface area contributed by atoms with Crippen molar-refractivity contribution in [1.82, 2.24) is 14.9 Å². The van der Waals surface area contributed by atoms with Crippen LogP contribution in [0.3, 0.4) is 0 Å². The van der Waals surface area contributed by atoms with Crippen LogP contribution in [-0.4, -0.2) is 60.0 Å². The van der Waals surface area contributed by atoms with E-state index in [0.29, 0.717) is 72.4 Å². The van der Waals surface area contributed by atoms with Crippen LogP contribution in [0.5, 0.6) is 0 Å². The topological polar surface area (TPSA) is 52.6 Å². The first-order valence-corrected chi connectivity index (χ1v) is 13.4. The maximum atomic E-state index is 14.1. The molecule has 37 heavy (non-hydrogen) atoms. The molecule has 0 unspecified atom stereocenters. The van der Waals surface area contributed by atoms with Gasteiger partial charge in [-0.1, -0.05) is 59.8 Å². The van der Waals surface area contributed by atoms with Gasteiger partial charge < -0.3 is 14.7 Å². The van der Waals surface area contributed by atoms with Crippen LogP contribution < -0.4 is 9.80 Å². The number of piperazine rings is 1. The average molecular weight is 538 g/mol. The Bertz CT molecular complexity index is 1250. The number of hydrogen-bond acceptors (Lipinski definition) is 6. The minimum atomic E-state index is -0.239. The van der Waals surface area contributed by atoms with Gasteiger partial charge >= 0.3 is 0 Å². The molecule has 1 saturated heterocycles.